The Labute approximate surface area is 90.2 Å². The molecule has 7 heteroatoms. The number of carboxylic acids is 1. The maximum atomic E-state index is 11.3. The molecule has 0 bridgehead atoms. The molecule has 0 aliphatic rings. The fraction of sp³-hybridized carbons (Fsp3) is 0.875. The van der Waals surface area contributed by atoms with Crippen LogP contribution in [-0.4, -0.2) is 32.1 Å². The Morgan fingerprint density at radius 1 is 1.40 bits per heavy atom. The van der Waals surface area contributed by atoms with E-state index in [1.807, 2.05) is 0 Å². The maximum Gasteiger partial charge on any atom is 0.322 e. The molecule has 90 valence electrons. The minimum Gasteiger partial charge on any atom is -0.480 e. The minimum atomic E-state index is -3.74. The summed E-state index contributed by atoms with van der Waals surface area (Å²) in [6, 6.07) is -1.15. The molecule has 0 aliphatic heterocycles. The van der Waals surface area contributed by atoms with Crippen LogP contribution in [0.2, 0.25) is 0 Å². The molecule has 0 heterocycles. The van der Waals surface area contributed by atoms with Crippen molar-refractivity contribution >= 4 is 16.2 Å². The van der Waals surface area contributed by atoms with Crippen molar-refractivity contribution in [1.29, 1.82) is 0 Å². The van der Waals surface area contributed by atoms with E-state index >= 15 is 0 Å². The lowest BCUT2D eigenvalue weighted by Crippen LogP contribution is -2.52. The van der Waals surface area contributed by atoms with Crippen LogP contribution in [0.25, 0.3) is 0 Å². The number of carboxylic acid groups (broad SMARTS) is 1. The first-order chi connectivity index (χ1) is 6.60. The molecule has 6 nitrogen and oxygen atoms in total. The summed E-state index contributed by atoms with van der Waals surface area (Å²) in [5.41, 5.74) is -0.686. The van der Waals surface area contributed by atoms with Crippen molar-refractivity contribution in [3.8, 4) is 0 Å². The summed E-state index contributed by atoms with van der Waals surface area (Å²) in [4.78, 5) is 10.9. The highest BCUT2D eigenvalue weighted by Crippen LogP contribution is 2.19. The van der Waals surface area contributed by atoms with E-state index in [9.17, 15) is 13.2 Å². The van der Waals surface area contributed by atoms with Gasteiger partial charge in [-0.15, -0.1) is 0 Å². The van der Waals surface area contributed by atoms with Gasteiger partial charge in [0.15, 0.2) is 0 Å². The molecule has 0 aliphatic carbocycles. The van der Waals surface area contributed by atoms with E-state index in [2.05, 4.69) is 9.44 Å². The molecule has 0 fully saturated rings. The van der Waals surface area contributed by atoms with Gasteiger partial charge in [0.25, 0.3) is 10.2 Å². The molecule has 0 amide bonds. The highest BCUT2D eigenvalue weighted by molar-refractivity contribution is 7.87. The first-order valence-electron chi connectivity index (χ1n) is 4.60. The predicted octanol–water partition coefficient (Wildman–Crippen LogP) is -0.0704. The number of hydrogen-bond donors (Lipinski definition) is 3. The Balaban J connectivity index is 4.79. The smallest absolute Gasteiger partial charge is 0.322 e. The van der Waals surface area contributed by atoms with Crippen molar-refractivity contribution < 1.29 is 18.3 Å². The van der Waals surface area contributed by atoms with Gasteiger partial charge in [0.05, 0.1) is 0 Å². The second kappa shape index (κ2) is 4.91. The lowest BCUT2D eigenvalue weighted by Gasteiger charge is -2.27. The number of nitrogens with one attached hydrogen (secondary N) is 2. The van der Waals surface area contributed by atoms with E-state index in [0.29, 0.717) is 0 Å². The number of aliphatic carboxylic acids is 1. The summed E-state index contributed by atoms with van der Waals surface area (Å²) in [5, 5.41) is 8.89. The second-order valence-electron chi connectivity index (χ2n) is 4.26. The van der Waals surface area contributed by atoms with E-state index < -0.39 is 27.6 Å². The first kappa shape index (κ1) is 14.3. The second-order valence-corrected chi connectivity index (χ2v) is 5.79. The van der Waals surface area contributed by atoms with E-state index in [-0.39, 0.29) is 6.54 Å². The Bertz CT molecular complexity index is 318. The zero-order valence-corrected chi connectivity index (χ0v) is 10.2. The number of hydrogen-bond acceptors (Lipinski definition) is 3. The van der Waals surface area contributed by atoms with Gasteiger partial charge < -0.3 is 5.11 Å². The highest BCUT2D eigenvalue weighted by atomic mass is 32.2. The SMILES string of the molecule is CCNS(=O)(=O)NC(C(=O)O)C(C)(C)C. The van der Waals surface area contributed by atoms with Crippen LogP contribution in [0.4, 0.5) is 0 Å². The number of rotatable bonds is 5. The van der Waals surface area contributed by atoms with Crippen molar-refractivity contribution in [2.24, 2.45) is 5.41 Å². The molecule has 0 aromatic rings. The van der Waals surface area contributed by atoms with Gasteiger partial charge in [0, 0.05) is 6.54 Å². The molecule has 0 aromatic heterocycles. The van der Waals surface area contributed by atoms with Crippen molar-refractivity contribution in [3.05, 3.63) is 0 Å². The van der Waals surface area contributed by atoms with Crippen molar-refractivity contribution in [3.63, 3.8) is 0 Å². The fourth-order valence-electron chi connectivity index (χ4n) is 0.984. The molecule has 0 saturated heterocycles. The molecular weight excluding hydrogens is 220 g/mol. The van der Waals surface area contributed by atoms with Gasteiger partial charge in [0.1, 0.15) is 6.04 Å². The van der Waals surface area contributed by atoms with E-state index in [1.54, 1.807) is 27.7 Å². The topological polar surface area (TPSA) is 95.5 Å². The van der Waals surface area contributed by atoms with Gasteiger partial charge in [-0.25, -0.2) is 4.72 Å². The summed E-state index contributed by atoms with van der Waals surface area (Å²) >= 11 is 0. The summed E-state index contributed by atoms with van der Waals surface area (Å²) in [6.07, 6.45) is 0. The average Bonchev–Trinajstić information content (AvgIpc) is 1.97. The molecule has 3 N–H and O–H groups in total. The third-order valence-electron chi connectivity index (χ3n) is 1.72. The summed E-state index contributed by atoms with van der Waals surface area (Å²) in [7, 11) is -3.74. The van der Waals surface area contributed by atoms with Crippen molar-refractivity contribution in [2.45, 2.75) is 33.7 Å². The Hall–Kier alpha value is -0.660. The molecule has 0 spiro atoms. The van der Waals surface area contributed by atoms with Crippen LogP contribution in [0.1, 0.15) is 27.7 Å². The third kappa shape index (κ3) is 5.10. The lowest BCUT2D eigenvalue weighted by atomic mass is 9.88. The summed E-state index contributed by atoms with van der Waals surface area (Å²) < 4.78 is 26.9. The van der Waals surface area contributed by atoms with Crippen LogP contribution in [0.15, 0.2) is 0 Å². The van der Waals surface area contributed by atoms with Crippen LogP contribution in [0.3, 0.4) is 0 Å². The van der Waals surface area contributed by atoms with Crippen LogP contribution >= 0.6 is 0 Å². The first-order valence-corrected chi connectivity index (χ1v) is 6.08. The largest absolute Gasteiger partial charge is 0.480 e. The Kier molecular flexibility index (Phi) is 4.69. The molecule has 0 rings (SSSR count). The zero-order valence-electron chi connectivity index (χ0n) is 9.36. The zero-order chi connectivity index (χ0) is 12.3. The van der Waals surface area contributed by atoms with E-state index in [0.717, 1.165) is 0 Å². The van der Waals surface area contributed by atoms with Crippen molar-refractivity contribution in [1.82, 2.24) is 9.44 Å². The standard InChI is InChI=1S/C8H18N2O4S/c1-5-9-15(13,14)10-6(7(11)12)8(2,3)4/h6,9-10H,5H2,1-4H3,(H,11,12). The summed E-state index contributed by atoms with van der Waals surface area (Å²) in [6.45, 7) is 6.79. The molecule has 0 radical (unpaired) electrons. The van der Waals surface area contributed by atoms with Gasteiger partial charge in [-0.1, -0.05) is 27.7 Å². The quantitative estimate of drug-likeness (QED) is 0.624. The molecule has 0 aromatic carbocycles. The molecule has 1 atom stereocenters. The van der Waals surface area contributed by atoms with Gasteiger partial charge in [0.2, 0.25) is 0 Å². The normalized spacial score (nSPS) is 14.9. The van der Waals surface area contributed by atoms with Gasteiger partial charge in [-0.2, -0.15) is 13.1 Å². The molecule has 1 unspecified atom stereocenters. The van der Waals surface area contributed by atoms with Gasteiger partial charge >= 0.3 is 5.97 Å². The highest BCUT2D eigenvalue weighted by Gasteiger charge is 2.34. The van der Waals surface area contributed by atoms with Gasteiger partial charge in [-0.05, 0) is 5.41 Å². The third-order valence-corrected chi connectivity index (χ3v) is 2.94. The lowest BCUT2D eigenvalue weighted by molar-refractivity contribution is -0.141. The minimum absolute atomic E-state index is 0.214. The monoisotopic (exact) mass is 238 g/mol. The Morgan fingerprint density at radius 3 is 2.13 bits per heavy atom. The fourth-order valence-corrected chi connectivity index (χ4v) is 2.21. The van der Waals surface area contributed by atoms with Crippen molar-refractivity contribution in [2.75, 3.05) is 6.54 Å². The Morgan fingerprint density at radius 2 is 1.87 bits per heavy atom. The van der Waals surface area contributed by atoms with Crippen LogP contribution in [0, 0.1) is 5.41 Å². The van der Waals surface area contributed by atoms with E-state index in [4.69, 9.17) is 5.11 Å². The van der Waals surface area contributed by atoms with Crippen LogP contribution in [-0.2, 0) is 15.0 Å². The van der Waals surface area contributed by atoms with E-state index in [1.165, 1.54) is 0 Å². The van der Waals surface area contributed by atoms with Gasteiger partial charge in [-0.3, -0.25) is 4.79 Å². The number of carbonyl (C=O) groups is 1. The van der Waals surface area contributed by atoms with Crippen LogP contribution < -0.4 is 9.44 Å². The maximum absolute atomic E-state index is 11.3. The molecule has 0 saturated carbocycles. The summed E-state index contributed by atoms with van der Waals surface area (Å²) in [5.74, 6) is -1.19. The molecular formula is C8H18N2O4S. The molecule has 15 heavy (non-hydrogen) atoms. The predicted molar refractivity (Wildman–Crippen MR) is 56.6 cm³/mol. The average molecular weight is 238 g/mol. The van der Waals surface area contributed by atoms with Crippen LogP contribution in [0.5, 0.6) is 0 Å².